The fourth-order valence-corrected chi connectivity index (χ4v) is 2.95. The number of hydrogen-bond donors (Lipinski definition) is 1. The van der Waals surface area contributed by atoms with E-state index >= 15 is 0 Å². The van der Waals surface area contributed by atoms with Crippen molar-refractivity contribution in [1.29, 1.82) is 0 Å². The fourth-order valence-electron chi connectivity index (χ4n) is 2.95. The number of nitrogens with zero attached hydrogens (tertiary/aromatic N) is 2. The molecule has 0 radical (unpaired) electrons. The predicted octanol–water partition coefficient (Wildman–Crippen LogP) is 4.61. The number of carbonyl (C=O) groups is 1. The van der Waals surface area contributed by atoms with E-state index in [-0.39, 0.29) is 17.4 Å². The second kappa shape index (κ2) is 7.44. The highest BCUT2D eigenvalue weighted by atomic mass is 19.1. The van der Waals surface area contributed by atoms with Gasteiger partial charge in [-0.3, -0.25) is 4.79 Å². The largest absolute Gasteiger partial charge is 0.349 e. The molecule has 4 aromatic rings. The normalized spacial score (nSPS) is 10.8. The van der Waals surface area contributed by atoms with Gasteiger partial charge in [0.15, 0.2) is 0 Å². The molecule has 0 unspecified atom stereocenters. The van der Waals surface area contributed by atoms with Gasteiger partial charge in [0.2, 0.25) is 0 Å². The third-order valence-corrected chi connectivity index (χ3v) is 4.29. The van der Waals surface area contributed by atoms with Crippen LogP contribution in [0.5, 0.6) is 0 Å². The van der Waals surface area contributed by atoms with Crippen molar-refractivity contribution < 1.29 is 13.7 Å². The van der Waals surface area contributed by atoms with E-state index in [0.29, 0.717) is 34.4 Å². The lowest BCUT2D eigenvalue weighted by molar-refractivity contribution is 0.0959. The van der Waals surface area contributed by atoms with E-state index in [2.05, 4.69) is 22.0 Å². The fraction of sp³-hybridized carbons (Fsp3) is 0.0455. The van der Waals surface area contributed by atoms with E-state index in [0.717, 1.165) is 5.56 Å². The number of nitrogens with one attached hydrogen (secondary N) is 1. The van der Waals surface area contributed by atoms with Gasteiger partial charge in [-0.2, -0.15) is 0 Å². The monoisotopic (exact) mass is 373 g/mol. The third-order valence-electron chi connectivity index (χ3n) is 4.29. The summed E-state index contributed by atoms with van der Waals surface area (Å²) in [5.74, 6) is -0.643. The summed E-state index contributed by atoms with van der Waals surface area (Å²) in [7, 11) is 0. The first-order valence-corrected chi connectivity index (χ1v) is 8.68. The Hall–Kier alpha value is -3.80. The van der Waals surface area contributed by atoms with E-state index in [1.54, 1.807) is 24.3 Å². The number of aromatic nitrogens is 2. The van der Waals surface area contributed by atoms with Crippen molar-refractivity contribution >= 4 is 17.0 Å². The third kappa shape index (κ3) is 3.27. The molecule has 2 aromatic carbocycles. The molecule has 5 nitrogen and oxygen atoms in total. The summed E-state index contributed by atoms with van der Waals surface area (Å²) in [6.45, 7) is 3.94. The smallest absolute Gasteiger partial charge is 0.259 e. The molecule has 138 valence electrons. The Balaban J connectivity index is 1.93. The van der Waals surface area contributed by atoms with Crippen molar-refractivity contribution in [1.82, 2.24) is 15.5 Å². The molecular weight excluding hydrogens is 357 g/mol. The maximum Gasteiger partial charge on any atom is 0.259 e. The van der Waals surface area contributed by atoms with Crippen LogP contribution in [0.4, 0.5) is 4.39 Å². The van der Waals surface area contributed by atoms with E-state index < -0.39 is 0 Å². The second-order valence-corrected chi connectivity index (χ2v) is 6.14. The number of amides is 1. The van der Waals surface area contributed by atoms with Gasteiger partial charge in [0.1, 0.15) is 11.5 Å². The van der Waals surface area contributed by atoms with E-state index in [4.69, 9.17) is 4.52 Å². The van der Waals surface area contributed by atoms with Crippen LogP contribution in [0.3, 0.4) is 0 Å². The van der Waals surface area contributed by atoms with Gasteiger partial charge in [-0.25, -0.2) is 9.37 Å². The minimum Gasteiger partial charge on any atom is -0.349 e. The standard InChI is InChI=1S/C22H16FN3O2/c1-2-12-24-21(27)17-13-18(14-8-10-16(23)11-9-14)25-22-19(17)20(26-28-22)15-6-4-3-5-7-15/h2-11,13H,1,12H2,(H,24,27). The number of halogens is 1. The zero-order valence-electron chi connectivity index (χ0n) is 14.9. The Labute approximate surface area is 160 Å². The topological polar surface area (TPSA) is 68.0 Å². The van der Waals surface area contributed by atoms with Gasteiger partial charge < -0.3 is 9.84 Å². The first-order chi connectivity index (χ1) is 13.7. The maximum absolute atomic E-state index is 13.3. The van der Waals surface area contributed by atoms with Gasteiger partial charge in [-0.15, -0.1) is 6.58 Å². The van der Waals surface area contributed by atoms with E-state index in [1.807, 2.05) is 30.3 Å². The van der Waals surface area contributed by atoms with Crippen molar-refractivity contribution in [3.05, 3.63) is 84.7 Å². The molecule has 0 fully saturated rings. The molecule has 1 amide bonds. The van der Waals surface area contributed by atoms with Crippen molar-refractivity contribution in [3.63, 3.8) is 0 Å². The molecule has 0 aliphatic rings. The van der Waals surface area contributed by atoms with Crippen LogP contribution in [0.1, 0.15) is 10.4 Å². The van der Waals surface area contributed by atoms with Crippen molar-refractivity contribution in [2.24, 2.45) is 0 Å². The van der Waals surface area contributed by atoms with Gasteiger partial charge in [0, 0.05) is 17.7 Å². The molecule has 0 bridgehead atoms. The maximum atomic E-state index is 13.3. The Bertz CT molecular complexity index is 1150. The summed E-state index contributed by atoms with van der Waals surface area (Å²) >= 11 is 0. The quantitative estimate of drug-likeness (QED) is 0.519. The highest BCUT2D eigenvalue weighted by Crippen LogP contribution is 2.32. The van der Waals surface area contributed by atoms with Crippen LogP contribution >= 0.6 is 0 Å². The molecule has 0 spiro atoms. The number of carbonyl (C=O) groups excluding carboxylic acids is 1. The highest BCUT2D eigenvalue weighted by molar-refractivity contribution is 6.10. The van der Waals surface area contributed by atoms with Crippen LogP contribution in [0.25, 0.3) is 33.6 Å². The van der Waals surface area contributed by atoms with Crippen molar-refractivity contribution in [2.75, 3.05) is 6.54 Å². The summed E-state index contributed by atoms with van der Waals surface area (Å²) in [4.78, 5) is 17.3. The molecule has 0 aliphatic heterocycles. The van der Waals surface area contributed by atoms with Crippen molar-refractivity contribution in [3.8, 4) is 22.5 Å². The van der Waals surface area contributed by atoms with Crippen LogP contribution in [0.2, 0.25) is 0 Å². The lowest BCUT2D eigenvalue weighted by Gasteiger charge is -2.08. The van der Waals surface area contributed by atoms with E-state index in [1.165, 1.54) is 12.1 Å². The van der Waals surface area contributed by atoms with Gasteiger partial charge >= 0.3 is 0 Å². The van der Waals surface area contributed by atoms with Gasteiger partial charge in [-0.05, 0) is 30.3 Å². The number of fused-ring (bicyclic) bond motifs is 1. The average molecular weight is 373 g/mol. The molecular formula is C22H16FN3O2. The zero-order chi connectivity index (χ0) is 19.5. The number of rotatable bonds is 5. The second-order valence-electron chi connectivity index (χ2n) is 6.14. The summed E-state index contributed by atoms with van der Waals surface area (Å²) in [5.41, 5.74) is 3.13. The molecule has 2 aromatic heterocycles. The van der Waals surface area contributed by atoms with Gasteiger partial charge in [0.25, 0.3) is 11.6 Å². The minimum atomic E-state index is -0.347. The molecule has 0 atom stereocenters. The number of pyridine rings is 1. The molecule has 2 heterocycles. The molecule has 0 saturated carbocycles. The summed E-state index contributed by atoms with van der Waals surface area (Å²) in [6.07, 6.45) is 1.60. The lowest BCUT2D eigenvalue weighted by atomic mass is 10.0. The molecule has 28 heavy (non-hydrogen) atoms. The van der Waals surface area contributed by atoms with Crippen molar-refractivity contribution in [2.45, 2.75) is 0 Å². The number of benzene rings is 2. The predicted molar refractivity (Wildman–Crippen MR) is 105 cm³/mol. The Morgan fingerprint density at radius 3 is 2.57 bits per heavy atom. The molecule has 4 rings (SSSR count). The summed E-state index contributed by atoms with van der Waals surface area (Å²) in [6, 6.07) is 17.0. The zero-order valence-corrected chi connectivity index (χ0v) is 14.9. The molecule has 6 heteroatoms. The van der Waals surface area contributed by atoms with Crippen LogP contribution in [0, 0.1) is 5.82 Å². The van der Waals surface area contributed by atoms with Crippen LogP contribution in [-0.2, 0) is 0 Å². The lowest BCUT2D eigenvalue weighted by Crippen LogP contribution is -2.23. The van der Waals surface area contributed by atoms with Crippen LogP contribution in [-0.4, -0.2) is 22.6 Å². The Morgan fingerprint density at radius 1 is 1.11 bits per heavy atom. The van der Waals surface area contributed by atoms with Crippen LogP contribution in [0.15, 0.2) is 77.8 Å². The van der Waals surface area contributed by atoms with Crippen LogP contribution < -0.4 is 5.32 Å². The first kappa shape index (κ1) is 17.6. The molecule has 0 aliphatic carbocycles. The molecule has 1 N–H and O–H groups in total. The Kier molecular flexibility index (Phi) is 4.68. The SMILES string of the molecule is C=CCNC(=O)c1cc(-c2ccc(F)cc2)nc2onc(-c3ccccc3)c12. The Morgan fingerprint density at radius 2 is 1.86 bits per heavy atom. The highest BCUT2D eigenvalue weighted by Gasteiger charge is 2.21. The number of hydrogen-bond acceptors (Lipinski definition) is 4. The molecule has 0 saturated heterocycles. The summed E-state index contributed by atoms with van der Waals surface area (Å²) in [5, 5.41) is 7.45. The first-order valence-electron chi connectivity index (χ1n) is 8.68. The average Bonchev–Trinajstić information content (AvgIpc) is 3.16. The summed E-state index contributed by atoms with van der Waals surface area (Å²) < 4.78 is 18.7. The van der Waals surface area contributed by atoms with Gasteiger partial charge in [-0.1, -0.05) is 41.6 Å². The minimum absolute atomic E-state index is 0.240. The van der Waals surface area contributed by atoms with Gasteiger partial charge in [0.05, 0.1) is 16.6 Å². The van der Waals surface area contributed by atoms with E-state index in [9.17, 15) is 9.18 Å².